The van der Waals surface area contributed by atoms with Gasteiger partial charge in [-0.25, -0.2) is 0 Å². The lowest BCUT2D eigenvalue weighted by molar-refractivity contribution is -0.121. The summed E-state index contributed by atoms with van der Waals surface area (Å²) in [5, 5.41) is 7.24. The standard InChI is InChI=1S/C16H19N3O3S/c1-12-11-23-16(22)19(12)10-7-14(20)17-8-9-18-15(21)13-5-3-2-4-6-13/h2-6,11H,7-10H2,1H3,(H,17,20)(H,18,21). The number of thiazole rings is 1. The number of hydrogen-bond donors (Lipinski definition) is 2. The number of aromatic nitrogens is 1. The summed E-state index contributed by atoms with van der Waals surface area (Å²) in [4.78, 5) is 35.0. The Labute approximate surface area is 138 Å². The first-order valence-electron chi connectivity index (χ1n) is 7.33. The first-order chi connectivity index (χ1) is 11.1. The summed E-state index contributed by atoms with van der Waals surface area (Å²) in [5.41, 5.74) is 1.45. The molecule has 1 aromatic heterocycles. The minimum atomic E-state index is -0.166. The maximum atomic E-state index is 11.8. The quantitative estimate of drug-likeness (QED) is 0.746. The molecular weight excluding hydrogens is 314 g/mol. The van der Waals surface area contributed by atoms with Crippen LogP contribution in [0.2, 0.25) is 0 Å². The van der Waals surface area contributed by atoms with Gasteiger partial charge < -0.3 is 15.2 Å². The Balaban J connectivity index is 1.65. The monoisotopic (exact) mass is 333 g/mol. The van der Waals surface area contributed by atoms with Crippen LogP contribution in [0.15, 0.2) is 40.5 Å². The second-order valence-corrected chi connectivity index (χ2v) is 5.84. The van der Waals surface area contributed by atoms with Crippen LogP contribution in [0.3, 0.4) is 0 Å². The zero-order valence-electron chi connectivity index (χ0n) is 12.9. The van der Waals surface area contributed by atoms with Gasteiger partial charge in [0, 0.05) is 42.7 Å². The highest BCUT2D eigenvalue weighted by atomic mass is 32.1. The van der Waals surface area contributed by atoms with Gasteiger partial charge >= 0.3 is 4.87 Å². The Morgan fingerprint density at radius 3 is 2.48 bits per heavy atom. The Morgan fingerprint density at radius 2 is 1.83 bits per heavy atom. The van der Waals surface area contributed by atoms with Gasteiger partial charge in [-0.2, -0.15) is 0 Å². The van der Waals surface area contributed by atoms with Crippen LogP contribution in [0.5, 0.6) is 0 Å². The molecule has 0 spiro atoms. The average molecular weight is 333 g/mol. The number of nitrogens with zero attached hydrogens (tertiary/aromatic N) is 1. The third-order valence-electron chi connectivity index (χ3n) is 3.31. The molecule has 0 atom stereocenters. The molecule has 2 aromatic rings. The topological polar surface area (TPSA) is 80.2 Å². The van der Waals surface area contributed by atoms with Crippen molar-refractivity contribution in [3.63, 3.8) is 0 Å². The van der Waals surface area contributed by atoms with Crippen LogP contribution in [-0.2, 0) is 11.3 Å². The van der Waals surface area contributed by atoms with Crippen LogP contribution < -0.4 is 15.5 Å². The SMILES string of the molecule is Cc1csc(=O)n1CCC(=O)NCCNC(=O)c1ccccc1. The molecule has 0 radical (unpaired) electrons. The van der Waals surface area contributed by atoms with Gasteiger partial charge in [0.1, 0.15) is 0 Å². The number of amides is 2. The summed E-state index contributed by atoms with van der Waals surface area (Å²) < 4.78 is 1.58. The van der Waals surface area contributed by atoms with Crippen molar-refractivity contribution >= 4 is 23.2 Å². The zero-order valence-corrected chi connectivity index (χ0v) is 13.7. The number of benzene rings is 1. The van der Waals surface area contributed by atoms with Gasteiger partial charge in [-0.15, -0.1) is 0 Å². The maximum Gasteiger partial charge on any atom is 0.307 e. The fourth-order valence-corrected chi connectivity index (χ4v) is 2.81. The molecule has 0 aliphatic carbocycles. The summed E-state index contributed by atoms with van der Waals surface area (Å²) in [5.74, 6) is -0.309. The van der Waals surface area contributed by atoms with Crippen molar-refractivity contribution in [2.24, 2.45) is 0 Å². The summed E-state index contributed by atoms with van der Waals surface area (Å²) in [6.45, 7) is 2.93. The van der Waals surface area contributed by atoms with Gasteiger partial charge in [0.2, 0.25) is 5.91 Å². The van der Waals surface area contributed by atoms with Crippen molar-refractivity contribution < 1.29 is 9.59 Å². The predicted molar refractivity (Wildman–Crippen MR) is 89.7 cm³/mol. The molecule has 2 N–H and O–H groups in total. The lowest BCUT2D eigenvalue weighted by Gasteiger charge is -2.08. The van der Waals surface area contributed by atoms with E-state index in [1.807, 2.05) is 13.0 Å². The number of aryl methyl sites for hydroxylation is 1. The van der Waals surface area contributed by atoms with Crippen LogP contribution in [0, 0.1) is 6.92 Å². The Morgan fingerprint density at radius 1 is 1.13 bits per heavy atom. The van der Waals surface area contributed by atoms with E-state index in [0.29, 0.717) is 25.2 Å². The molecule has 0 saturated heterocycles. The lowest BCUT2D eigenvalue weighted by Crippen LogP contribution is -2.35. The largest absolute Gasteiger partial charge is 0.354 e. The molecule has 0 aliphatic rings. The highest BCUT2D eigenvalue weighted by molar-refractivity contribution is 7.07. The predicted octanol–water partition coefficient (Wildman–Crippen LogP) is 1.15. The highest BCUT2D eigenvalue weighted by Crippen LogP contribution is 2.00. The van der Waals surface area contributed by atoms with Gasteiger partial charge in [-0.3, -0.25) is 14.4 Å². The van der Waals surface area contributed by atoms with Crippen LogP contribution in [0.25, 0.3) is 0 Å². The molecule has 1 heterocycles. The minimum Gasteiger partial charge on any atom is -0.354 e. The molecular formula is C16H19N3O3S. The second-order valence-electron chi connectivity index (χ2n) is 5.02. The molecule has 23 heavy (non-hydrogen) atoms. The van der Waals surface area contributed by atoms with E-state index in [1.165, 1.54) is 0 Å². The van der Waals surface area contributed by atoms with Gasteiger partial charge in [0.15, 0.2) is 0 Å². The average Bonchev–Trinajstić information content (AvgIpc) is 2.88. The molecule has 0 fully saturated rings. The fraction of sp³-hybridized carbons (Fsp3) is 0.312. The van der Waals surface area contributed by atoms with Crippen molar-refractivity contribution in [3.8, 4) is 0 Å². The molecule has 2 amide bonds. The van der Waals surface area contributed by atoms with Crippen LogP contribution in [0.1, 0.15) is 22.5 Å². The summed E-state index contributed by atoms with van der Waals surface area (Å²) >= 11 is 1.13. The lowest BCUT2D eigenvalue weighted by atomic mass is 10.2. The molecule has 0 saturated carbocycles. The normalized spacial score (nSPS) is 10.3. The third-order valence-corrected chi connectivity index (χ3v) is 4.19. The van der Waals surface area contributed by atoms with E-state index in [2.05, 4.69) is 10.6 Å². The first kappa shape index (κ1) is 17.0. The Bertz CT molecular complexity index is 722. The zero-order chi connectivity index (χ0) is 16.7. The van der Waals surface area contributed by atoms with E-state index in [-0.39, 0.29) is 23.1 Å². The highest BCUT2D eigenvalue weighted by Gasteiger charge is 2.07. The van der Waals surface area contributed by atoms with Gasteiger partial charge in [-0.1, -0.05) is 29.5 Å². The van der Waals surface area contributed by atoms with E-state index >= 15 is 0 Å². The van der Waals surface area contributed by atoms with E-state index in [4.69, 9.17) is 0 Å². The second kappa shape index (κ2) is 8.28. The van der Waals surface area contributed by atoms with Crippen molar-refractivity contribution in [1.82, 2.24) is 15.2 Å². The van der Waals surface area contributed by atoms with Gasteiger partial charge in [0.05, 0.1) is 0 Å². The maximum absolute atomic E-state index is 11.8. The molecule has 0 bridgehead atoms. The number of rotatable bonds is 7. The number of hydrogen-bond acceptors (Lipinski definition) is 4. The summed E-state index contributed by atoms with van der Waals surface area (Å²) in [6, 6.07) is 8.90. The van der Waals surface area contributed by atoms with Crippen LogP contribution >= 0.6 is 11.3 Å². The van der Waals surface area contributed by atoms with Crippen molar-refractivity contribution in [2.45, 2.75) is 19.9 Å². The Kier molecular flexibility index (Phi) is 6.10. The number of nitrogens with one attached hydrogen (secondary N) is 2. The molecule has 1 aromatic carbocycles. The molecule has 0 unspecified atom stereocenters. The van der Waals surface area contributed by atoms with Crippen molar-refractivity contribution in [2.75, 3.05) is 13.1 Å². The van der Waals surface area contributed by atoms with E-state index in [0.717, 1.165) is 17.0 Å². The van der Waals surface area contributed by atoms with E-state index in [1.54, 1.807) is 34.2 Å². The molecule has 6 nitrogen and oxygen atoms in total. The minimum absolute atomic E-state index is 0.0505. The van der Waals surface area contributed by atoms with Crippen LogP contribution in [-0.4, -0.2) is 29.5 Å². The molecule has 0 aliphatic heterocycles. The van der Waals surface area contributed by atoms with E-state index in [9.17, 15) is 14.4 Å². The van der Waals surface area contributed by atoms with Crippen molar-refractivity contribution in [1.29, 1.82) is 0 Å². The van der Waals surface area contributed by atoms with Crippen LogP contribution in [0.4, 0.5) is 0 Å². The summed E-state index contributed by atoms with van der Waals surface area (Å²) in [6.07, 6.45) is 0.240. The van der Waals surface area contributed by atoms with Gasteiger partial charge in [-0.05, 0) is 19.1 Å². The fourth-order valence-electron chi connectivity index (χ4n) is 2.05. The van der Waals surface area contributed by atoms with E-state index < -0.39 is 0 Å². The van der Waals surface area contributed by atoms with Crippen molar-refractivity contribution in [3.05, 3.63) is 56.6 Å². The first-order valence-corrected chi connectivity index (χ1v) is 8.21. The van der Waals surface area contributed by atoms with Gasteiger partial charge in [0.25, 0.3) is 5.91 Å². The molecule has 2 rings (SSSR count). The summed E-state index contributed by atoms with van der Waals surface area (Å²) in [7, 11) is 0. The third kappa shape index (κ3) is 5.07. The Hall–Kier alpha value is -2.41. The molecule has 7 heteroatoms. The number of carbonyl (C=O) groups is 2. The smallest absolute Gasteiger partial charge is 0.307 e. The molecule has 122 valence electrons. The number of carbonyl (C=O) groups excluding carboxylic acids is 2.